The first kappa shape index (κ1) is 25.5. The van der Waals surface area contributed by atoms with Crippen LogP contribution in [0.3, 0.4) is 0 Å². The van der Waals surface area contributed by atoms with Crippen LogP contribution in [-0.2, 0) is 29.8 Å². The van der Waals surface area contributed by atoms with E-state index < -0.39 is 31.7 Å². The molecular weight excluding hydrogens is 341 g/mol. The molecule has 0 heterocycles. The maximum atomic E-state index is 10.1. The van der Waals surface area contributed by atoms with Gasteiger partial charge >= 0.3 is 23.1 Å². The van der Waals surface area contributed by atoms with E-state index in [9.17, 15) is 35.5 Å². The fraction of sp³-hybridized carbons (Fsp3) is 0.750. The Morgan fingerprint density at radius 2 is 1.05 bits per heavy atom. The SMILES string of the molecule is CC(=O)NCCS(=O)(=O)[O-].CC(=O)NCCS(=O)(=O)[O-].[Mg+2]. The van der Waals surface area contributed by atoms with E-state index in [1.807, 2.05) is 0 Å². The van der Waals surface area contributed by atoms with Crippen molar-refractivity contribution in [2.45, 2.75) is 13.8 Å². The minimum Gasteiger partial charge on any atom is -0.748 e. The van der Waals surface area contributed by atoms with Crippen LogP contribution in [0.15, 0.2) is 0 Å². The van der Waals surface area contributed by atoms with Crippen molar-refractivity contribution in [2.75, 3.05) is 24.6 Å². The summed E-state index contributed by atoms with van der Waals surface area (Å²) in [5.41, 5.74) is 0. The molecule has 0 aromatic carbocycles. The van der Waals surface area contributed by atoms with Gasteiger partial charge in [0.15, 0.2) is 0 Å². The van der Waals surface area contributed by atoms with E-state index in [1.54, 1.807) is 0 Å². The Morgan fingerprint density at radius 1 is 0.810 bits per heavy atom. The van der Waals surface area contributed by atoms with Crippen LogP contribution >= 0.6 is 0 Å². The summed E-state index contributed by atoms with van der Waals surface area (Å²) >= 11 is 0. The predicted octanol–water partition coefficient (Wildman–Crippen LogP) is -3.05. The molecule has 2 amide bonds. The van der Waals surface area contributed by atoms with Crippen molar-refractivity contribution in [3.05, 3.63) is 0 Å². The molecule has 0 aromatic rings. The second-order valence-corrected chi connectivity index (χ2v) is 6.54. The molecular formula is C8H16MgN2O8S2. The molecule has 0 aromatic heterocycles. The van der Waals surface area contributed by atoms with Crippen molar-refractivity contribution in [3.63, 3.8) is 0 Å². The van der Waals surface area contributed by atoms with Gasteiger partial charge in [0.2, 0.25) is 11.8 Å². The van der Waals surface area contributed by atoms with E-state index in [0.29, 0.717) is 0 Å². The second kappa shape index (κ2) is 12.1. The molecule has 0 saturated carbocycles. The Bertz CT molecular complexity index is 468. The Balaban J connectivity index is -0.000000295. The van der Waals surface area contributed by atoms with E-state index in [2.05, 4.69) is 10.6 Å². The van der Waals surface area contributed by atoms with Crippen molar-refractivity contribution in [1.29, 1.82) is 0 Å². The van der Waals surface area contributed by atoms with Gasteiger partial charge in [-0.15, -0.1) is 0 Å². The maximum absolute atomic E-state index is 10.1. The van der Waals surface area contributed by atoms with Crippen LogP contribution in [0, 0.1) is 0 Å². The van der Waals surface area contributed by atoms with Gasteiger partial charge in [-0.05, 0) is 0 Å². The van der Waals surface area contributed by atoms with Crippen molar-refractivity contribution >= 4 is 55.1 Å². The standard InChI is InChI=1S/2C4H9NO4S.Mg/c2*1-4(6)5-2-3-10(7,8)9;/h2*2-3H2,1H3,(H,5,6)(H,7,8,9);/q;;+2/p-2. The van der Waals surface area contributed by atoms with Gasteiger partial charge in [-0.1, -0.05) is 0 Å². The monoisotopic (exact) mass is 356 g/mol. The van der Waals surface area contributed by atoms with E-state index in [0.717, 1.165) is 0 Å². The normalized spacial score (nSPS) is 10.5. The van der Waals surface area contributed by atoms with E-state index in [-0.39, 0.29) is 48.0 Å². The largest absolute Gasteiger partial charge is 2.00 e. The van der Waals surface area contributed by atoms with Gasteiger partial charge in [-0.3, -0.25) is 9.59 Å². The van der Waals surface area contributed by atoms with Gasteiger partial charge < -0.3 is 19.7 Å². The molecule has 0 atom stereocenters. The zero-order chi connectivity index (χ0) is 16.4. The predicted molar refractivity (Wildman–Crippen MR) is 72.2 cm³/mol. The molecule has 0 bridgehead atoms. The summed E-state index contributed by atoms with van der Waals surface area (Å²) in [5, 5.41) is 4.37. The first-order valence-electron chi connectivity index (χ1n) is 5.19. The molecule has 13 heteroatoms. The number of rotatable bonds is 6. The van der Waals surface area contributed by atoms with Crippen LogP contribution in [0.4, 0.5) is 0 Å². The number of carbonyl (C=O) groups excluding carboxylic acids is 2. The fourth-order valence-corrected chi connectivity index (χ4v) is 1.41. The first-order chi connectivity index (χ1) is 8.83. The molecule has 0 aliphatic rings. The van der Waals surface area contributed by atoms with Crippen LogP contribution in [-0.4, -0.2) is 85.4 Å². The third kappa shape index (κ3) is 32.8. The molecule has 0 rings (SSSR count). The van der Waals surface area contributed by atoms with Gasteiger partial charge in [0.1, 0.15) is 0 Å². The van der Waals surface area contributed by atoms with Crippen molar-refractivity contribution in [1.82, 2.24) is 10.6 Å². The molecule has 0 aliphatic carbocycles. The average Bonchev–Trinajstić information content (AvgIpc) is 2.12. The molecule has 120 valence electrons. The molecule has 0 saturated heterocycles. The van der Waals surface area contributed by atoms with Crippen LogP contribution in [0.2, 0.25) is 0 Å². The minimum absolute atomic E-state index is 0. The minimum atomic E-state index is -4.18. The molecule has 21 heavy (non-hydrogen) atoms. The van der Waals surface area contributed by atoms with Gasteiger partial charge in [-0.25, -0.2) is 16.8 Å². The summed E-state index contributed by atoms with van der Waals surface area (Å²) in [5.74, 6) is -1.79. The summed E-state index contributed by atoms with van der Waals surface area (Å²) in [6, 6.07) is 0. The molecule has 0 unspecified atom stereocenters. The molecule has 0 aliphatic heterocycles. The van der Waals surface area contributed by atoms with Crippen LogP contribution in [0.25, 0.3) is 0 Å². The molecule has 2 N–H and O–H groups in total. The van der Waals surface area contributed by atoms with E-state index >= 15 is 0 Å². The van der Waals surface area contributed by atoms with Gasteiger partial charge in [0, 0.05) is 26.9 Å². The molecule has 10 nitrogen and oxygen atoms in total. The molecule has 0 radical (unpaired) electrons. The van der Waals surface area contributed by atoms with Crippen molar-refractivity contribution in [2.24, 2.45) is 0 Å². The quantitative estimate of drug-likeness (QED) is 0.373. The molecule has 0 spiro atoms. The fourth-order valence-electron chi connectivity index (χ4n) is 0.704. The number of carbonyl (C=O) groups is 2. The summed E-state index contributed by atoms with van der Waals surface area (Å²) in [7, 11) is -8.37. The number of hydrogen-bond acceptors (Lipinski definition) is 8. The summed E-state index contributed by atoms with van der Waals surface area (Å²) in [6.07, 6.45) is 0. The summed E-state index contributed by atoms with van der Waals surface area (Å²) < 4.78 is 59.4. The zero-order valence-electron chi connectivity index (χ0n) is 11.6. The second-order valence-electron chi connectivity index (χ2n) is 3.49. The number of hydrogen-bond donors (Lipinski definition) is 2. The third-order valence-electron chi connectivity index (χ3n) is 1.45. The van der Waals surface area contributed by atoms with Crippen LogP contribution in [0.1, 0.15) is 13.8 Å². The Kier molecular flexibility index (Phi) is 14.7. The average molecular weight is 357 g/mol. The topological polar surface area (TPSA) is 173 Å². The maximum Gasteiger partial charge on any atom is 2.00 e. The summed E-state index contributed by atoms with van der Waals surface area (Å²) in [4.78, 5) is 20.2. The van der Waals surface area contributed by atoms with Gasteiger partial charge in [0.05, 0.1) is 31.7 Å². The smallest absolute Gasteiger partial charge is 0.748 e. The Hall–Kier alpha value is -0.474. The molecule has 0 fully saturated rings. The Labute approximate surface area is 139 Å². The zero-order valence-corrected chi connectivity index (χ0v) is 14.7. The number of nitrogens with one attached hydrogen (secondary N) is 2. The third-order valence-corrected chi connectivity index (χ3v) is 2.86. The Morgan fingerprint density at radius 3 is 1.19 bits per heavy atom. The van der Waals surface area contributed by atoms with E-state index in [1.165, 1.54) is 13.8 Å². The van der Waals surface area contributed by atoms with E-state index in [4.69, 9.17) is 0 Å². The van der Waals surface area contributed by atoms with Gasteiger partial charge in [0.25, 0.3) is 0 Å². The summed E-state index contributed by atoms with van der Waals surface area (Å²) in [6.45, 7) is 2.27. The first-order valence-corrected chi connectivity index (χ1v) is 8.35. The number of amides is 2. The van der Waals surface area contributed by atoms with Crippen molar-refractivity contribution in [3.8, 4) is 0 Å². The van der Waals surface area contributed by atoms with Gasteiger partial charge in [-0.2, -0.15) is 0 Å². The van der Waals surface area contributed by atoms with Crippen molar-refractivity contribution < 1.29 is 35.5 Å². The van der Waals surface area contributed by atoms with Crippen LogP contribution in [0.5, 0.6) is 0 Å². The van der Waals surface area contributed by atoms with Crippen LogP contribution < -0.4 is 10.6 Å².